The predicted octanol–water partition coefficient (Wildman–Crippen LogP) is 3.99. The number of nitrogens with one attached hydrogen (secondary N) is 1. The van der Waals surface area contributed by atoms with E-state index >= 15 is 0 Å². The van der Waals surface area contributed by atoms with Gasteiger partial charge in [-0.05, 0) is 49.4 Å². The Labute approximate surface area is 132 Å². The van der Waals surface area contributed by atoms with E-state index in [2.05, 4.69) is 63.9 Å². The highest BCUT2D eigenvalue weighted by Gasteiger charge is 2.26. The molecule has 2 fully saturated rings. The summed E-state index contributed by atoms with van der Waals surface area (Å²) < 4.78 is 0. The van der Waals surface area contributed by atoms with Gasteiger partial charge < -0.3 is 5.32 Å². The van der Waals surface area contributed by atoms with Crippen LogP contribution in [0.15, 0.2) is 48.7 Å². The van der Waals surface area contributed by atoms with Crippen LogP contribution >= 0.6 is 0 Å². The van der Waals surface area contributed by atoms with Crippen LogP contribution in [0.4, 0.5) is 5.82 Å². The molecular weight excluding hydrogens is 270 g/mol. The van der Waals surface area contributed by atoms with Gasteiger partial charge in [-0.25, -0.2) is 4.98 Å². The van der Waals surface area contributed by atoms with Gasteiger partial charge in [0.05, 0.1) is 0 Å². The lowest BCUT2D eigenvalue weighted by atomic mass is 10.1. The molecule has 3 nitrogen and oxygen atoms in total. The molecule has 2 aromatic rings. The van der Waals surface area contributed by atoms with E-state index in [0.29, 0.717) is 12.1 Å². The standard InChI is InChI=1S/C19H23N3/c1-2-5-15(6-3-1)14-22-12-4-7-18(22)16-8-11-19(20-13-16)21-17-9-10-17/h1-3,5-6,8,11,13,17-18H,4,7,9-10,12,14H2,(H,20,21)/t18-/m0/s1. The zero-order chi connectivity index (χ0) is 14.8. The van der Waals surface area contributed by atoms with Crippen LogP contribution in [0, 0.1) is 0 Å². The fraction of sp³-hybridized carbons (Fsp3) is 0.421. The average Bonchev–Trinajstić information content (AvgIpc) is 3.26. The molecule has 1 saturated carbocycles. The molecule has 1 aliphatic carbocycles. The van der Waals surface area contributed by atoms with Crippen molar-refractivity contribution in [3.05, 3.63) is 59.8 Å². The van der Waals surface area contributed by atoms with Gasteiger partial charge >= 0.3 is 0 Å². The SMILES string of the molecule is c1ccc(CN2CCC[C@H]2c2ccc(NC3CC3)nc2)cc1. The van der Waals surface area contributed by atoms with Crippen molar-refractivity contribution in [3.8, 4) is 0 Å². The van der Waals surface area contributed by atoms with E-state index < -0.39 is 0 Å². The molecule has 1 aromatic heterocycles. The zero-order valence-electron chi connectivity index (χ0n) is 12.9. The molecule has 0 radical (unpaired) electrons. The molecule has 1 saturated heterocycles. The van der Waals surface area contributed by atoms with E-state index in [1.54, 1.807) is 0 Å². The molecule has 3 heteroatoms. The quantitative estimate of drug-likeness (QED) is 0.903. The summed E-state index contributed by atoms with van der Waals surface area (Å²) in [6.07, 6.45) is 7.16. The molecule has 0 spiro atoms. The molecule has 0 amide bonds. The van der Waals surface area contributed by atoms with Gasteiger partial charge in [0.2, 0.25) is 0 Å². The van der Waals surface area contributed by atoms with Crippen LogP contribution in [0.3, 0.4) is 0 Å². The van der Waals surface area contributed by atoms with Gasteiger partial charge in [0, 0.05) is 24.8 Å². The van der Waals surface area contributed by atoms with Gasteiger partial charge in [-0.15, -0.1) is 0 Å². The lowest BCUT2D eigenvalue weighted by molar-refractivity contribution is 0.248. The molecule has 2 aliphatic rings. The second-order valence-electron chi connectivity index (χ2n) is 6.51. The largest absolute Gasteiger partial charge is 0.367 e. The number of likely N-dealkylation sites (tertiary alicyclic amines) is 1. The Balaban J connectivity index is 1.45. The first kappa shape index (κ1) is 13.8. The molecule has 0 unspecified atom stereocenters. The van der Waals surface area contributed by atoms with Gasteiger partial charge in [0.1, 0.15) is 5.82 Å². The van der Waals surface area contributed by atoms with Crippen LogP contribution in [0.2, 0.25) is 0 Å². The Kier molecular flexibility index (Phi) is 3.81. The number of aromatic nitrogens is 1. The number of pyridine rings is 1. The van der Waals surface area contributed by atoms with Gasteiger partial charge in [-0.3, -0.25) is 4.90 Å². The van der Waals surface area contributed by atoms with Crippen LogP contribution in [0.5, 0.6) is 0 Å². The summed E-state index contributed by atoms with van der Waals surface area (Å²) in [7, 11) is 0. The second kappa shape index (κ2) is 6.09. The van der Waals surface area contributed by atoms with Crippen molar-refractivity contribution in [3.63, 3.8) is 0 Å². The van der Waals surface area contributed by atoms with Crippen molar-refractivity contribution < 1.29 is 0 Å². The predicted molar refractivity (Wildman–Crippen MR) is 89.7 cm³/mol. The summed E-state index contributed by atoms with van der Waals surface area (Å²) >= 11 is 0. The second-order valence-corrected chi connectivity index (χ2v) is 6.51. The lowest BCUT2D eigenvalue weighted by Gasteiger charge is -2.24. The summed E-state index contributed by atoms with van der Waals surface area (Å²) in [5.41, 5.74) is 2.75. The molecule has 1 atom stereocenters. The highest BCUT2D eigenvalue weighted by molar-refractivity contribution is 5.38. The zero-order valence-corrected chi connectivity index (χ0v) is 12.9. The van der Waals surface area contributed by atoms with E-state index in [1.807, 2.05) is 0 Å². The fourth-order valence-electron chi connectivity index (χ4n) is 3.34. The number of nitrogens with zero attached hydrogens (tertiary/aromatic N) is 2. The third-order valence-electron chi connectivity index (χ3n) is 4.69. The number of rotatable bonds is 5. The number of benzene rings is 1. The minimum Gasteiger partial charge on any atom is -0.367 e. The summed E-state index contributed by atoms with van der Waals surface area (Å²) in [5, 5.41) is 3.46. The molecule has 114 valence electrons. The summed E-state index contributed by atoms with van der Waals surface area (Å²) in [5.74, 6) is 1.03. The third-order valence-corrected chi connectivity index (χ3v) is 4.69. The Bertz CT molecular complexity index is 604. The lowest BCUT2D eigenvalue weighted by Crippen LogP contribution is -2.22. The summed E-state index contributed by atoms with van der Waals surface area (Å²) in [6, 6.07) is 16.4. The van der Waals surface area contributed by atoms with Crippen molar-refractivity contribution in [2.45, 2.75) is 44.3 Å². The number of anilines is 1. The van der Waals surface area contributed by atoms with E-state index in [1.165, 1.54) is 43.4 Å². The van der Waals surface area contributed by atoms with Crippen LogP contribution in [-0.4, -0.2) is 22.5 Å². The first-order valence-electron chi connectivity index (χ1n) is 8.39. The maximum Gasteiger partial charge on any atom is 0.126 e. The van der Waals surface area contributed by atoms with Gasteiger partial charge in [0.15, 0.2) is 0 Å². The normalized spacial score (nSPS) is 21.9. The topological polar surface area (TPSA) is 28.2 Å². The van der Waals surface area contributed by atoms with Crippen LogP contribution < -0.4 is 5.32 Å². The smallest absolute Gasteiger partial charge is 0.126 e. The first-order valence-corrected chi connectivity index (χ1v) is 8.39. The highest BCUT2D eigenvalue weighted by atomic mass is 15.2. The molecule has 1 N–H and O–H groups in total. The molecule has 22 heavy (non-hydrogen) atoms. The van der Waals surface area contributed by atoms with Gasteiger partial charge in [-0.1, -0.05) is 36.4 Å². The molecule has 1 aromatic carbocycles. The van der Waals surface area contributed by atoms with Gasteiger partial charge in [-0.2, -0.15) is 0 Å². The summed E-state index contributed by atoms with van der Waals surface area (Å²) in [4.78, 5) is 7.19. The molecular formula is C19H23N3. The molecule has 2 heterocycles. The van der Waals surface area contributed by atoms with Crippen molar-refractivity contribution in [1.29, 1.82) is 0 Å². The average molecular weight is 293 g/mol. The number of hydrogen-bond acceptors (Lipinski definition) is 3. The highest BCUT2D eigenvalue weighted by Crippen LogP contribution is 2.33. The maximum absolute atomic E-state index is 4.61. The van der Waals surface area contributed by atoms with E-state index in [9.17, 15) is 0 Å². The fourth-order valence-corrected chi connectivity index (χ4v) is 3.34. The van der Waals surface area contributed by atoms with Gasteiger partial charge in [0.25, 0.3) is 0 Å². The van der Waals surface area contributed by atoms with E-state index in [4.69, 9.17) is 0 Å². The van der Waals surface area contributed by atoms with Crippen molar-refractivity contribution in [2.75, 3.05) is 11.9 Å². The van der Waals surface area contributed by atoms with E-state index in [-0.39, 0.29) is 0 Å². The third kappa shape index (κ3) is 3.14. The number of hydrogen-bond donors (Lipinski definition) is 1. The van der Waals surface area contributed by atoms with Crippen LogP contribution in [-0.2, 0) is 6.54 Å². The van der Waals surface area contributed by atoms with Crippen LogP contribution in [0.1, 0.15) is 42.9 Å². The monoisotopic (exact) mass is 293 g/mol. The van der Waals surface area contributed by atoms with Crippen LogP contribution in [0.25, 0.3) is 0 Å². The van der Waals surface area contributed by atoms with Crippen molar-refractivity contribution in [1.82, 2.24) is 9.88 Å². The Morgan fingerprint density at radius 2 is 1.91 bits per heavy atom. The Morgan fingerprint density at radius 1 is 1.05 bits per heavy atom. The van der Waals surface area contributed by atoms with Crippen molar-refractivity contribution in [2.24, 2.45) is 0 Å². The molecule has 4 rings (SSSR count). The Hall–Kier alpha value is -1.87. The maximum atomic E-state index is 4.61. The Morgan fingerprint density at radius 3 is 2.64 bits per heavy atom. The van der Waals surface area contributed by atoms with E-state index in [0.717, 1.165) is 12.4 Å². The molecule has 0 bridgehead atoms. The van der Waals surface area contributed by atoms with Crippen molar-refractivity contribution >= 4 is 5.82 Å². The molecule has 1 aliphatic heterocycles. The summed E-state index contributed by atoms with van der Waals surface area (Å²) in [6.45, 7) is 2.22. The first-order chi connectivity index (χ1) is 10.9. The minimum atomic E-state index is 0.516. The minimum absolute atomic E-state index is 0.516.